The maximum absolute atomic E-state index is 8.97. The predicted octanol–water partition coefficient (Wildman–Crippen LogP) is 0.790. The maximum Gasteiger partial charge on any atom is 0.0587 e. The van der Waals surface area contributed by atoms with E-state index >= 15 is 0 Å². The molecular weight excluding hydrogens is 140 g/mol. The highest BCUT2D eigenvalue weighted by atomic mass is 16.3. The molecule has 0 fully saturated rings. The molecule has 1 heterocycles. The van der Waals surface area contributed by atoms with Gasteiger partial charge in [0.05, 0.1) is 11.8 Å². The van der Waals surface area contributed by atoms with E-state index in [1.165, 1.54) is 0 Å². The summed E-state index contributed by atoms with van der Waals surface area (Å²) in [7, 11) is 0. The van der Waals surface area contributed by atoms with Gasteiger partial charge >= 0.3 is 0 Å². The molecule has 1 N–H and O–H groups in total. The van der Waals surface area contributed by atoms with Gasteiger partial charge in [-0.3, -0.25) is 9.97 Å². The summed E-state index contributed by atoms with van der Waals surface area (Å²) >= 11 is 0. The van der Waals surface area contributed by atoms with Crippen molar-refractivity contribution in [3.05, 3.63) is 24.3 Å². The van der Waals surface area contributed by atoms with Crippen molar-refractivity contribution in [1.82, 2.24) is 9.97 Å². The van der Waals surface area contributed by atoms with Gasteiger partial charge in [-0.2, -0.15) is 0 Å². The van der Waals surface area contributed by atoms with Crippen LogP contribution in [0, 0.1) is 0 Å². The summed E-state index contributed by atoms with van der Waals surface area (Å²) in [5, 5.41) is 8.97. The quantitative estimate of drug-likeness (QED) is 0.696. The van der Waals surface area contributed by atoms with Crippen molar-refractivity contribution in [3.8, 4) is 0 Å². The van der Waals surface area contributed by atoms with Crippen LogP contribution in [0.15, 0.2) is 18.6 Å². The lowest BCUT2D eigenvalue weighted by Crippen LogP contribution is -2.02. The molecule has 0 aliphatic rings. The Balaban J connectivity index is 2.39. The van der Waals surface area contributed by atoms with E-state index in [9.17, 15) is 0 Å². The van der Waals surface area contributed by atoms with Gasteiger partial charge in [0.15, 0.2) is 0 Å². The van der Waals surface area contributed by atoms with Crippen LogP contribution >= 0.6 is 0 Å². The molecule has 1 atom stereocenters. The van der Waals surface area contributed by atoms with Crippen LogP contribution in [0.2, 0.25) is 0 Å². The summed E-state index contributed by atoms with van der Waals surface area (Å²) in [5.74, 6) is 0. The summed E-state index contributed by atoms with van der Waals surface area (Å²) in [6.45, 7) is 1.77. The molecule has 1 aromatic heterocycles. The van der Waals surface area contributed by atoms with Crippen LogP contribution in [-0.4, -0.2) is 21.2 Å². The highest BCUT2D eigenvalue weighted by Crippen LogP contribution is 1.98. The van der Waals surface area contributed by atoms with Gasteiger partial charge < -0.3 is 5.11 Å². The van der Waals surface area contributed by atoms with E-state index in [1.54, 1.807) is 25.5 Å². The van der Waals surface area contributed by atoms with Crippen molar-refractivity contribution in [1.29, 1.82) is 0 Å². The van der Waals surface area contributed by atoms with E-state index in [-0.39, 0.29) is 6.10 Å². The van der Waals surface area contributed by atoms with Gasteiger partial charge in [-0.25, -0.2) is 0 Å². The lowest BCUT2D eigenvalue weighted by atomic mass is 10.2. The van der Waals surface area contributed by atoms with E-state index in [1.807, 2.05) is 0 Å². The SMILES string of the molecule is CC(O)CCc1cnccn1. The van der Waals surface area contributed by atoms with Crippen LogP contribution in [0.1, 0.15) is 19.0 Å². The Morgan fingerprint density at radius 1 is 1.55 bits per heavy atom. The molecule has 0 aliphatic heterocycles. The van der Waals surface area contributed by atoms with Crippen molar-refractivity contribution >= 4 is 0 Å². The maximum atomic E-state index is 8.97. The van der Waals surface area contributed by atoms with Crippen molar-refractivity contribution in [3.63, 3.8) is 0 Å². The monoisotopic (exact) mass is 152 g/mol. The van der Waals surface area contributed by atoms with Crippen molar-refractivity contribution in [2.75, 3.05) is 0 Å². The fourth-order valence-corrected chi connectivity index (χ4v) is 0.816. The van der Waals surface area contributed by atoms with E-state index < -0.39 is 0 Å². The largest absolute Gasteiger partial charge is 0.393 e. The van der Waals surface area contributed by atoms with Crippen LogP contribution < -0.4 is 0 Å². The lowest BCUT2D eigenvalue weighted by Gasteiger charge is -2.01. The third-order valence-electron chi connectivity index (χ3n) is 1.43. The normalized spacial score (nSPS) is 12.9. The molecular formula is C8H12N2O. The Morgan fingerprint density at radius 2 is 2.36 bits per heavy atom. The first-order valence-electron chi connectivity index (χ1n) is 3.72. The minimum atomic E-state index is -0.253. The summed E-state index contributed by atoms with van der Waals surface area (Å²) in [5.41, 5.74) is 0.938. The second-order valence-electron chi connectivity index (χ2n) is 2.58. The summed E-state index contributed by atoms with van der Waals surface area (Å²) in [4.78, 5) is 8.00. The number of nitrogens with zero attached hydrogens (tertiary/aromatic N) is 2. The number of hydrogen-bond donors (Lipinski definition) is 1. The minimum absolute atomic E-state index is 0.253. The second-order valence-corrected chi connectivity index (χ2v) is 2.58. The molecule has 1 aromatic rings. The van der Waals surface area contributed by atoms with Gasteiger partial charge in [-0.05, 0) is 19.8 Å². The minimum Gasteiger partial charge on any atom is -0.393 e. The van der Waals surface area contributed by atoms with E-state index in [2.05, 4.69) is 9.97 Å². The number of aromatic nitrogens is 2. The second kappa shape index (κ2) is 4.03. The molecule has 60 valence electrons. The predicted molar refractivity (Wildman–Crippen MR) is 42.0 cm³/mol. The Hall–Kier alpha value is -0.960. The van der Waals surface area contributed by atoms with Gasteiger partial charge in [0, 0.05) is 18.6 Å². The fourth-order valence-electron chi connectivity index (χ4n) is 0.816. The molecule has 0 amide bonds. The zero-order valence-corrected chi connectivity index (χ0v) is 6.57. The van der Waals surface area contributed by atoms with E-state index in [4.69, 9.17) is 5.11 Å². The average molecular weight is 152 g/mol. The average Bonchev–Trinajstić information content (AvgIpc) is 2.03. The van der Waals surface area contributed by atoms with Crippen LogP contribution in [-0.2, 0) is 6.42 Å². The third kappa shape index (κ3) is 3.09. The summed E-state index contributed by atoms with van der Waals surface area (Å²) < 4.78 is 0. The molecule has 3 nitrogen and oxygen atoms in total. The number of aliphatic hydroxyl groups excluding tert-OH is 1. The van der Waals surface area contributed by atoms with Gasteiger partial charge in [0.25, 0.3) is 0 Å². The first kappa shape index (κ1) is 8.14. The highest BCUT2D eigenvalue weighted by molar-refractivity contribution is 4.94. The van der Waals surface area contributed by atoms with Crippen molar-refractivity contribution in [2.24, 2.45) is 0 Å². The van der Waals surface area contributed by atoms with Crippen LogP contribution in [0.5, 0.6) is 0 Å². The molecule has 0 spiro atoms. The van der Waals surface area contributed by atoms with Crippen LogP contribution in [0.4, 0.5) is 0 Å². The van der Waals surface area contributed by atoms with Crippen LogP contribution in [0.3, 0.4) is 0 Å². The summed E-state index contributed by atoms with van der Waals surface area (Å²) in [6, 6.07) is 0. The molecule has 0 bridgehead atoms. The van der Waals surface area contributed by atoms with Crippen molar-refractivity contribution in [2.45, 2.75) is 25.9 Å². The standard InChI is InChI=1S/C8H12N2O/c1-7(11)2-3-8-6-9-4-5-10-8/h4-7,11H,2-3H2,1H3. The Bertz CT molecular complexity index is 199. The number of aliphatic hydroxyl groups is 1. The third-order valence-corrected chi connectivity index (χ3v) is 1.43. The van der Waals surface area contributed by atoms with Gasteiger partial charge in [0.2, 0.25) is 0 Å². The zero-order valence-electron chi connectivity index (χ0n) is 6.57. The molecule has 0 aromatic carbocycles. The molecule has 1 rings (SSSR count). The Kier molecular flexibility index (Phi) is 2.98. The zero-order chi connectivity index (χ0) is 8.10. The number of rotatable bonds is 3. The van der Waals surface area contributed by atoms with Gasteiger partial charge in [0.1, 0.15) is 0 Å². The van der Waals surface area contributed by atoms with Crippen LogP contribution in [0.25, 0.3) is 0 Å². The van der Waals surface area contributed by atoms with E-state index in [0.29, 0.717) is 0 Å². The van der Waals surface area contributed by atoms with Gasteiger partial charge in [-0.15, -0.1) is 0 Å². The molecule has 0 saturated heterocycles. The summed E-state index contributed by atoms with van der Waals surface area (Å²) in [6.07, 6.45) is 6.33. The number of aryl methyl sites for hydroxylation is 1. The Labute approximate surface area is 66.1 Å². The fraction of sp³-hybridized carbons (Fsp3) is 0.500. The Morgan fingerprint density at radius 3 is 2.91 bits per heavy atom. The molecule has 3 heteroatoms. The molecule has 0 saturated carbocycles. The molecule has 0 aliphatic carbocycles. The van der Waals surface area contributed by atoms with Gasteiger partial charge in [-0.1, -0.05) is 0 Å². The van der Waals surface area contributed by atoms with Crippen molar-refractivity contribution < 1.29 is 5.11 Å². The topological polar surface area (TPSA) is 46.0 Å². The first-order chi connectivity index (χ1) is 5.29. The molecule has 0 radical (unpaired) electrons. The highest BCUT2D eigenvalue weighted by Gasteiger charge is 1.97. The number of hydrogen-bond acceptors (Lipinski definition) is 3. The first-order valence-corrected chi connectivity index (χ1v) is 3.72. The van der Waals surface area contributed by atoms with E-state index in [0.717, 1.165) is 18.5 Å². The molecule has 1 unspecified atom stereocenters. The smallest absolute Gasteiger partial charge is 0.0587 e. The molecule has 11 heavy (non-hydrogen) atoms. The lowest BCUT2D eigenvalue weighted by molar-refractivity contribution is 0.184.